The SMILES string of the molecule is COC(=O)c1cc(F)c(F)c(OC(c2ccccc2)c2ccccc2)c1F. The van der Waals surface area contributed by atoms with Gasteiger partial charge in [-0.2, -0.15) is 4.39 Å². The summed E-state index contributed by atoms with van der Waals surface area (Å²) in [6, 6.07) is 17.8. The fourth-order valence-electron chi connectivity index (χ4n) is 2.64. The van der Waals surface area contributed by atoms with Crippen LogP contribution in [0.5, 0.6) is 5.75 Å². The number of halogens is 3. The molecule has 0 fully saturated rings. The quantitative estimate of drug-likeness (QED) is 0.464. The molecular formula is C21H15F3O3. The molecule has 3 aromatic rings. The maximum atomic E-state index is 14.7. The van der Waals surface area contributed by atoms with Crippen molar-refractivity contribution >= 4 is 5.97 Å². The smallest absolute Gasteiger partial charge is 0.341 e. The Hall–Kier alpha value is -3.28. The molecule has 6 heteroatoms. The van der Waals surface area contributed by atoms with Crippen LogP contribution in [0.4, 0.5) is 13.2 Å². The molecule has 0 saturated heterocycles. The van der Waals surface area contributed by atoms with Gasteiger partial charge in [-0.05, 0) is 17.2 Å². The minimum absolute atomic E-state index is 0.448. The Morgan fingerprint density at radius 3 is 1.85 bits per heavy atom. The Balaban J connectivity index is 2.12. The summed E-state index contributed by atoms with van der Waals surface area (Å²) < 4.78 is 52.9. The first-order valence-corrected chi connectivity index (χ1v) is 8.05. The lowest BCUT2D eigenvalue weighted by Gasteiger charge is -2.21. The molecule has 0 atom stereocenters. The molecular weight excluding hydrogens is 357 g/mol. The first-order valence-electron chi connectivity index (χ1n) is 8.05. The molecule has 27 heavy (non-hydrogen) atoms. The van der Waals surface area contributed by atoms with Crippen LogP contribution in [0.1, 0.15) is 27.6 Å². The van der Waals surface area contributed by atoms with Gasteiger partial charge in [0.2, 0.25) is 5.82 Å². The molecule has 138 valence electrons. The van der Waals surface area contributed by atoms with Gasteiger partial charge in [-0.3, -0.25) is 0 Å². The monoisotopic (exact) mass is 372 g/mol. The summed E-state index contributed by atoms with van der Waals surface area (Å²) in [6.07, 6.45) is -0.913. The first kappa shape index (κ1) is 18.5. The summed E-state index contributed by atoms with van der Waals surface area (Å²) in [6.45, 7) is 0. The molecule has 0 aliphatic heterocycles. The largest absolute Gasteiger partial charge is 0.475 e. The van der Waals surface area contributed by atoms with E-state index in [-0.39, 0.29) is 0 Å². The van der Waals surface area contributed by atoms with Gasteiger partial charge in [0.1, 0.15) is 11.7 Å². The number of methoxy groups -OCH3 is 1. The summed E-state index contributed by atoms with van der Waals surface area (Å²) in [5.41, 5.74) is 0.462. The second-order valence-electron chi connectivity index (χ2n) is 5.67. The zero-order chi connectivity index (χ0) is 19.4. The maximum absolute atomic E-state index is 14.7. The Morgan fingerprint density at radius 2 is 1.37 bits per heavy atom. The predicted molar refractivity (Wildman–Crippen MR) is 93.0 cm³/mol. The Labute approximate surface area is 154 Å². The summed E-state index contributed by atoms with van der Waals surface area (Å²) >= 11 is 0. The lowest BCUT2D eigenvalue weighted by atomic mass is 10.0. The van der Waals surface area contributed by atoms with E-state index in [2.05, 4.69) is 4.74 Å². The van der Waals surface area contributed by atoms with Crippen molar-refractivity contribution in [2.24, 2.45) is 0 Å². The number of rotatable bonds is 5. The number of esters is 1. The van der Waals surface area contributed by atoms with Crippen LogP contribution in [-0.4, -0.2) is 13.1 Å². The van der Waals surface area contributed by atoms with Crippen LogP contribution in [-0.2, 0) is 4.74 Å². The molecule has 0 unspecified atom stereocenters. The third-order valence-corrected chi connectivity index (χ3v) is 3.96. The second-order valence-corrected chi connectivity index (χ2v) is 5.67. The minimum Gasteiger partial charge on any atom is -0.475 e. The van der Waals surface area contributed by atoms with E-state index < -0.39 is 40.8 Å². The van der Waals surface area contributed by atoms with Crippen LogP contribution in [0, 0.1) is 17.5 Å². The molecule has 0 radical (unpaired) electrons. The van der Waals surface area contributed by atoms with Gasteiger partial charge in [0.15, 0.2) is 17.4 Å². The Bertz CT molecular complexity index is 904. The van der Waals surface area contributed by atoms with E-state index in [0.29, 0.717) is 17.2 Å². The molecule has 0 bridgehead atoms. The summed E-state index contributed by atoms with van der Waals surface area (Å²) in [5.74, 6) is -6.36. The van der Waals surface area contributed by atoms with E-state index in [1.165, 1.54) is 0 Å². The van der Waals surface area contributed by atoms with Crippen molar-refractivity contribution in [3.05, 3.63) is 101 Å². The predicted octanol–water partition coefficient (Wildman–Crippen LogP) is 5.06. The highest BCUT2D eigenvalue weighted by atomic mass is 19.2. The fourth-order valence-corrected chi connectivity index (χ4v) is 2.64. The van der Waals surface area contributed by atoms with Crippen molar-refractivity contribution in [1.82, 2.24) is 0 Å². The van der Waals surface area contributed by atoms with Gasteiger partial charge in [-0.1, -0.05) is 60.7 Å². The summed E-state index contributed by atoms with van der Waals surface area (Å²) in [4.78, 5) is 11.7. The molecule has 0 aromatic heterocycles. The third kappa shape index (κ3) is 3.79. The normalized spacial score (nSPS) is 10.7. The average Bonchev–Trinajstić information content (AvgIpc) is 2.71. The van der Waals surface area contributed by atoms with Gasteiger partial charge >= 0.3 is 5.97 Å². The van der Waals surface area contributed by atoms with E-state index in [1.807, 2.05) is 0 Å². The van der Waals surface area contributed by atoms with E-state index in [1.54, 1.807) is 60.7 Å². The number of ether oxygens (including phenoxy) is 2. The number of carbonyl (C=O) groups excluding carboxylic acids is 1. The Kier molecular flexibility index (Phi) is 5.45. The van der Waals surface area contributed by atoms with Crippen LogP contribution < -0.4 is 4.74 Å². The number of hydrogen-bond donors (Lipinski definition) is 0. The second kappa shape index (κ2) is 7.95. The minimum atomic E-state index is -1.52. The van der Waals surface area contributed by atoms with Gasteiger partial charge in [0.05, 0.1) is 7.11 Å². The van der Waals surface area contributed by atoms with Crippen LogP contribution in [0.15, 0.2) is 66.7 Å². The van der Waals surface area contributed by atoms with E-state index >= 15 is 0 Å². The highest BCUT2D eigenvalue weighted by molar-refractivity contribution is 5.90. The number of hydrogen-bond acceptors (Lipinski definition) is 3. The summed E-state index contributed by atoms with van der Waals surface area (Å²) in [5, 5.41) is 0. The van der Waals surface area contributed by atoms with Gasteiger partial charge in [-0.25, -0.2) is 13.6 Å². The van der Waals surface area contributed by atoms with Crippen LogP contribution in [0.3, 0.4) is 0 Å². The van der Waals surface area contributed by atoms with Crippen molar-refractivity contribution in [1.29, 1.82) is 0 Å². The zero-order valence-corrected chi connectivity index (χ0v) is 14.3. The van der Waals surface area contributed by atoms with Crippen molar-refractivity contribution in [3.8, 4) is 5.75 Å². The van der Waals surface area contributed by atoms with Gasteiger partial charge in [0.25, 0.3) is 0 Å². The summed E-state index contributed by atoms with van der Waals surface area (Å²) in [7, 11) is 1.01. The van der Waals surface area contributed by atoms with Gasteiger partial charge in [-0.15, -0.1) is 0 Å². The average molecular weight is 372 g/mol. The van der Waals surface area contributed by atoms with E-state index in [9.17, 15) is 18.0 Å². The molecule has 0 amide bonds. The standard InChI is InChI=1S/C21H15F3O3/c1-26-21(25)15-12-16(22)18(24)20(17(15)23)27-19(13-8-4-2-5-9-13)14-10-6-3-7-11-14/h2-12,19H,1H3. The molecule has 3 nitrogen and oxygen atoms in total. The van der Waals surface area contributed by atoms with Crippen molar-refractivity contribution in [3.63, 3.8) is 0 Å². The van der Waals surface area contributed by atoms with Crippen molar-refractivity contribution < 1.29 is 27.4 Å². The first-order chi connectivity index (χ1) is 13.0. The third-order valence-electron chi connectivity index (χ3n) is 3.96. The lowest BCUT2D eigenvalue weighted by molar-refractivity contribution is 0.0592. The molecule has 0 N–H and O–H groups in total. The topological polar surface area (TPSA) is 35.5 Å². The van der Waals surface area contributed by atoms with Crippen LogP contribution in [0.25, 0.3) is 0 Å². The van der Waals surface area contributed by atoms with E-state index in [0.717, 1.165) is 7.11 Å². The molecule has 3 rings (SSSR count). The number of benzene rings is 3. The maximum Gasteiger partial charge on any atom is 0.341 e. The van der Waals surface area contributed by atoms with Crippen LogP contribution in [0.2, 0.25) is 0 Å². The molecule has 3 aromatic carbocycles. The fraction of sp³-hybridized carbons (Fsp3) is 0.0952. The van der Waals surface area contributed by atoms with Crippen molar-refractivity contribution in [2.45, 2.75) is 6.10 Å². The highest BCUT2D eigenvalue weighted by Crippen LogP contribution is 2.34. The van der Waals surface area contributed by atoms with Gasteiger partial charge < -0.3 is 9.47 Å². The lowest BCUT2D eigenvalue weighted by Crippen LogP contribution is -2.14. The number of carbonyl (C=O) groups is 1. The highest BCUT2D eigenvalue weighted by Gasteiger charge is 2.27. The van der Waals surface area contributed by atoms with Gasteiger partial charge in [0, 0.05) is 0 Å². The zero-order valence-electron chi connectivity index (χ0n) is 14.3. The Morgan fingerprint density at radius 1 is 0.852 bits per heavy atom. The molecule has 0 aliphatic rings. The molecule has 0 spiro atoms. The molecule has 0 heterocycles. The van der Waals surface area contributed by atoms with Crippen LogP contribution >= 0.6 is 0 Å². The molecule has 0 saturated carbocycles. The van der Waals surface area contributed by atoms with Crippen molar-refractivity contribution in [2.75, 3.05) is 7.11 Å². The van der Waals surface area contributed by atoms with E-state index in [4.69, 9.17) is 4.74 Å². The molecule has 0 aliphatic carbocycles.